The molecule has 4 aromatic heterocycles. The molecule has 19 heteroatoms. The van der Waals surface area contributed by atoms with E-state index in [4.69, 9.17) is 9.47 Å². The Morgan fingerprint density at radius 3 is 0.873 bits per heavy atom. The van der Waals surface area contributed by atoms with Crippen LogP contribution in [0.3, 0.4) is 0 Å². The van der Waals surface area contributed by atoms with Crippen LogP contribution in [-0.2, 0) is 29.0 Å². The molecule has 0 N–H and O–H groups in total. The van der Waals surface area contributed by atoms with Gasteiger partial charge in [-0.25, -0.2) is 9.98 Å². The number of halogens is 8. The maximum atomic E-state index is 9.75. The van der Waals surface area contributed by atoms with E-state index in [9.17, 15) is 34.5 Å². The zero-order valence-electron chi connectivity index (χ0n) is 31.7. The van der Waals surface area contributed by atoms with Gasteiger partial charge in [-0.05, 0) is 110 Å². The number of aliphatic imine (C=N–C) groups is 2. The van der Waals surface area contributed by atoms with Gasteiger partial charge < -0.3 is 44.0 Å². The van der Waals surface area contributed by atoms with Crippen molar-refractivity contribution in [3.05, 3.63) is 95.6 Å². The van der Waals surface area contributed by atoms with Gasteiger partial charge in [0.25, 0.3) is 11.8 Å². The van der Waals surface area contributed by atoms with Crippen molar-refractivity contribution in [2.24, 2.45) is 21.8 Å². The van der Waals surface area contributed by atoms with Crippen molar-refractivity contribution < 1.29 is 63.5 Å². The zero-order chi connectivity index (χ0) is 40.6. The van der Waals surface area contributed by atoms with Crippen LogP contribution in [0.1, 0.15) is 49.9 Å². The van der Waals surface area contributed by atoms with E-state index in [1.54, 1.807) is 0 Å². The van der Waals surface area contributed by atoms with Gasteiger partial charge in [-0.15, -0.1) is 0 Å². The molecule has 0 bridgehead atoms. The molecule has 55 heavy (non-hydrogen) atoms. The average molecular weight is 867 g/mol. The molecule has 0 unspecified atom stereocenters. The van der Waals surface area contributed by atoms with E-state index in [2.05, 4.69) is 85.3 Å². The summed E-state index contributed by atoms with van der Waals surface area (Å²) in [6.07, 6.45) is 7.26. The van der Waals surface area contributed by atoms with Crippen LogP contribution in [0.25, 0.3) is 22.8 Å². The van der Waals surface area contributed by atoms with Crippen LogP contribution < -0.4 is 0 Å². The molecule has 8 nitrogen and oxygen atoms in total. The number of aryl methyl sites for hydroxylation is 4. The van der Waals surface area contributed by atoms with Crippen LogP contribution in [0, 0.1) is 39.5 Å². The smallest absolute Gasteiger partial charge is 0.472 e. The van der Waals surface area contributed by atoms with E-state index < -0.39 is 14.5 Å². The summed E-state index contributed by atoms with van der Waals surface area (Å²) in [5.41, 5.74) is 8.58. The predicted molar refractivity (Wildman–Crippen MR) is 198 cm³/mol. The second-order valence-electron chi connectivity index (χ2n) is 13.0. The third-order valence-electron chi connectivity index (χ3n) is 7.26. The number of pyridine rings is 4. The molecular weight excluding hydrogens is 823 g/mol. The second kappa shape index (κ2) is 23.0. The summed E-state index contributed by atoms with van der Waals surface area (Å²) >= 11 is 0. The Bertz CT molecular complexity index is 1600. The van der Waals surface area contributed by atoms with Crippen LogP contribution in [0.2, 0.25) is 0 Å². The maximum Gasteiger partial charge on any atom is 2.00 e. The number of hydrogen-bond acceptors (Lipinski definition) is 8. The van der Waals surface area contributed by atoms with Crippen LogP contribution in [0.4, 0.5) is 34.5 Å². The molecule has 300 valence electrons. The van der Waals surface area contributed by atoms with Gasteiger partial charge in [0.2, 0.25) is 0 Å². The van der Waals surface area contributed by atoms with Gasteiger partial charge in [0.15, 0.2) is 0 Å². The minimum Gasteiger partial charge on any atom is -0.472 e. The van der Waals surface area contributed by atoms with E-state index in [1.807, 2.05) is 73.3 Å². The molecule has 2 atom stereocenters. The summed E-state index contributed by atoms with van der Waals surface area (Å²) in [5, 5.41) is 0. The predicted octanol–water partition coefficient (Wildman–Crippen LogP) is 10.0. The third kappa shape index (κ3) is 20.8. The Morgan fingerprint density at radius 2 is 0.709 bits per heavy atom. The third-order valence-corrected chi connectivity index (χ3v) is 7.26. The van der Waals surface area contributed by atoms with Gasteiger partial charge in [0, 0.05) is 24.8 Å². The van der Waals surface area contributed by atoms with Gasteiger partial charge in [-0.3, -0.25) is 19.9 Å². The molecule has 0 saturated heterocycles. The molecule has 0 saturated carbocycles. The fourth-order valence-corrected chi connectivity index (χ4v) is 4.40. The zero-order valence-corrected chi connectivity index (χ0v) is 33.4. The Balaban J connectivity index is 0.000000365. The van der Waals surface area contributed by atoms with Crippen molar-refractivity contribution in [1.82, 2.24) is 19.9 Å². The molecule has 2 aliphatic heterocycles. The largest absolute Gasteiger partial charge is 2.00 e. The Kier molecular flexibility index (Phi) is 20.3. The van der Waals surface area contributed by atoms with E-state index in [0.29, 0.717) is 36.8 Å². The van der Waals surface area contributed by atoms with Crippen molar-refractivity contribution in [1.29, 1.82) is 0 Å². The Morgan fingerprint density at radius 1 is 0.491 bits per heavy atom. The van der Waals surface area contributed by atoms with Gasteiger partial charge in [0.1, 0.15) is 13.2 Å². The Hall–Kier alpha value is -4.27. The summed E-state index contributed by atoms with van der Waals surface area (Å²) in [6, 6.07) is 16.6. The first-order chi connectivity index (χ1) is 25.1. The van der Waals surface area contributed by atoms with Crippen LogP contribution >= 0.6 is 0 Å². The average Bonchev–Trinajstić information content (AvgIpc) is 3.75. The number of aromatic nitrogens is 4. The molecule has 2 aliphatic rings. The molecule has 6 heterocycles. The summed E-state index contributed by atoms with van der Waals surface area (Å²) in [7, 11) is -12.0. The standard InChI is InChI=1S/C12H20N2O2.2C12H12N2.2BF4.Ru/c1-7(2)9-5-15-11(13-9)12-14-10(6-16-12)8(3)4;2*1-9-3-5-13-11(7-9)12-8-10(2)4-6-14-12;2*2-1(3,4)5;/h7-10H,5-6H2,1-4H3;2*3-8H,1-2H3;;;/q;;;2*-1;+2/t9-,10-;;;;;/m1...../s1. The first-order valence-electron chi connectivity index (χ1n) is 17.0. The topological polar surface area (TPSA) is 94.7 Å². The van der Waals surface area contributed by atoms with Gasteiger partial charge in [0.05, 0.1) is 34.9 Å². The van der Waals surface area contributed by atoms with Crippen molar-refractivity contribution in [3.63, 3.8) is 0 Å². The van der Waals surface area contributed by atoms with Crippen molar-refractivity contribution in [2.75, 3.05) is 13.2 Å². The molecule has 0 fully saturated rings. The van der Waals surface area contributed by atoms with Crippen LogP contribution in [0.5, 0.6) is 0 Å². The van der Waals surface area contributed by atoms with Gasteiger partial charge >= 0.3 is 34.0 Å². The summed E-state index contributed by atoms with van der Waals surface area (Å²) in [5.74, 6) is 2.20. The quantitative estimate of drug-likeness (QED) is 0.147. The van der Waals surface area contributed by atoms with Crippen molar-refractivity contribution in [2.45, 2.75) is 67.5 Å². The molecule has 0 aromatic carbocycles. The minimum absolute atomic E-state index is 0. The first-order valence-corrected chi connectivity index (χ1v) is 17.0. The van der Waals surface area contributed by atoms with Gasteiger partial charge in [-0.1, -0.05) is 27.7 Å². The molecule has 4 aromatic rings. The van der Waals surface area contributed by atoms with E-state index in [1.165, 1.54) is 22.3 Å². The maximum absolute atomic E-state index is 9.75. The monoisotopic (exact) mass is 868 g/mol. The van der Waals surface area contributed by atoms with Gasteiger partial charge in [-0.2, -0.15) is 0 Å². The van der Waals surface area contributed by atoms with E-state index >= 15 is 0 Å². The molecule has 0 radical (unpaired) electrons. The summed E-state index contributed by atoms with van der Waals surface area (Å²) in [4.78, 5) is 26.2. The Labute approximate surface area is 329 Å². The molecule has 6 rings (SSSR count). The van der Waals surface area contributed by atoms with E-state index in [-0.39, 0.29) is 31.6 Å². The summed E-state index contributed by atoms with van der Waals surface area (Å²) in [6.45, 7) is 18.1. The molecule has 0 amide bonds. The molecule has 0 aliphatic carbocycles. The number of rotatable bonds is 5. The number of ether oxygens (including phenoxy) is 2. The van der Waals surface area contributed by atoms with Crippen LogP contribution in [-0.4, -0.2) is 71.5 Å². The van der Waals surface area contributed by atoms with Crippen molar-refractivity contribution in [3.8, 4) is 22.8 Å². The number of hydrogen-bond donors (Lipinski definition) is 0. The normalized spacial score (nSPS) is 15.8. The fraction of sp³-hybridized carbons (Fsp3) is 0.389. The fourth-order valence-electron chi connectivity index (χ4n) is 4.40. The van der Waals surface area contributed by atoms with E-state index in [0.717, 1.165) is 22.8 Å². The minimum atomic E-state index is -6.00. The second-order valence-corrected chi connectivity index (χ2v) is 13.0. The SMILES string of the molecule is CC(C)[C@H]1COC(C2=N[C@@H](C(C)C)CO2)=N1.Cc1ccnc(-c2cc(C)ccn2)c1.Cc1ccnc(-c2cc(C)ccn2)c1.F[B-](F)(F)F.F[B-](F)(F)F.[Ru+2]. The summed E-state index contributed by atoms with van der Waals surface area (Å²) < 4.78 is 89.1. The van der Waals surface area contributed by atoms with Crippen LogP contribution in [0.15, 0.2) is 83.3 Å². The first kappa shape index (κ1) is 48.8. The number of nitrogens with zero attached hydrogens (tertiary/aromatic N) is 6. The molecular formula is C36H44B2F8N6O2Ru. The van der Waals surface area contributed by atoms with Crippen molar-refractivity contribution >= 4 is 26.3 Å². The molecule has 0 spiro atoms.